The van der Waals surface area contributed by atoms with Crippen LogP contribution >= 0.6 is 0 Å². The Hall–Kier alpha value is -2.90. The monoisotopic (exact) mass is 544 g/mol. The molecule has 1 saturated heterocycles. The number of ether oxygens (including phenoxy) is 3. The van der Waals surface area contributed by atoms with E-state index >= 15 is 4.39 Å². The third kappa shape index (κ3) is 7.00. The summed E-state index contributed by atoms with van der Waals surface area (Å²) in [5.41, 5.74) is 0.938. The minimum Gasteiger partial charge on any atom is -0.490 e. The third-order valence-corrected chi connectivity index (χ3v) is 7.09. The summed E-state index contributed by atoms with van der Waals surface area (Å²) in [5, 5.41) is 0. The van der Waals surface area contributed by atoms with Crippen molar-refractivity contribution in [3.05, 3.63) is 77.4 Å². The molecule has 4 rings (SSSR count). The van der Waals surface area contributed by atoms with Gasteiger partial charge in [-0.15, -0.1) is 0 Å². The molecule has 0 atom stereocenters. The highest BCUT2D eigenvalue weighted by Gasteiger charge is 2.27. The van der Waals surface area contributed by atoms with Gasteiger partial charge in [0.25, 0.3) is 0 Å². The predicted molar refractivity (Wildman–Crippen MR) is 144 cm³/mol. The van der Waals surface area contributed by atoms with Gasteiger partial charge in [0.1, 0.15) is 0 Å². The number of halogens is 4. The molecule has 0 radical (unpaired) electrons. The molecule has 0 bridgehead atoms. The molecule has 3 nitrogen and oxygen atoms in total. The number of unbranched alkanes of at least 4 members (excludes halogenated alkanes) is 4. The fraction of sp³-hybridized carbons (Fsp3) is 0.438. The van der Waals surface area contributed by atoms with Crippen LogP contribution in [0.2, 0.25) is 0 Å². The SMILES string of the molecule is CCCCCCCOc1ccc(-c2ccc(-c3ccc(C4OCC(CCC)CO4)c(F)c3F)cc2)c(F)c1F. The lowest BCUT2D eigenvalue weighted by Gasteiger charge is -2.29. The summed E-state index contributed by atoms with van der Waals surface area (Å²) < 4.78 is 76.3. The summed E-state index contributed by atoms with van der Waals surface area (Å²) in [5.74, 6) is -3.96. The molecule has 1 heterocycles. The molecule has 0 unspecified atom stereocenters. The van der Waals surface area contributed by atoms with E-state index in [0.29, 0.717) is 30.9 Å². The molecule has 0 aliphatic carbocycles. The van der Waals surface area contributed by atoms with Crippen molar-refractivity contribution < 1.29 is 31.8 Å². The first-order valence-electron chi connectivity index (χ1n) is 13.9. The number of benzene rings is 3. The van der Waals surface area contributed by atoms with Gasteiger partial charge >= 0.3 is 0 Å². The van der Waals surface area contributed by atoms with E-state index in [1.54, 1.807) is 24.3 Å². The maximum Gasteiger partial charge on any atom is 0.201 e. The Labute approximate surface area is 228 Å². The van der Waals surface area contributed by atoms with Crippen molar-refractivity contribution in [3.63, 3.8) is 0 Å². The van der Waals surface area contributed by atoms with Crippen LogP contribution < -0.4 is 4.74 Å². The Morgan fingerprint density at radius 2 is 1.26 bits per heavy atom. The van der Waals surface area contributed by atoms with Gasteiger partial charge in [0.2, 0.25) is 5.82 Å². The smallest absolute Gasteiger partial charge is 0.201 e. The average molecular weight is 545 g/mol. The summed E-state index contributed by atoms with van der Waals surface area (Å²) in [6.07, 6.45) is 6.13. The molecule has 1 aliphatic rings. The van der Waals surface area contributed by atoms with E-state index in [2.05, 4.69) is 13.8 Å². The van der Waals surface area contributed by atoms with Crippen LogP contribution in [0.4, 0.5) is 17.6 Å². The van der Waals surface area contributed by atoms with Crippen molar-refractivity contribution in [3.8, 4) is 28.0 Å². The van der Waals surface area contributed by atoms with Crippen LogP contribution in [0.25, 0.3) is 22.3 Å². The second kappa shape index (κ2) is 13.9. The Morgan fingerprint density at radius 3 is 1.87 bits per heavy atom. The molecule has 3 aromatic carbocycles. The molecular formula is C32H36F4O3. The average Bonchev–Trinajstić information content (AvgIpc) is 2.95. The fourth-order valence-corrected chi connectivity index (χ4v) is 4.85. The molecule has 0 saturated carbocycles. The summed E-state index contributed by atoms with van der Waals surface area (Å²) in [6, 6.07) is 12.0. The zero-order chi connectivity index (χ0) is 27.8. The van der Waals surface area contributed by atoms with Crippen LogP contribution in [0.15, 0.2) is 48.5 Å². The highest BCUT2D eigenvalue weighted by Crippen LogP contribution is 2.35. The van der Waals surface area contributed by atoms with Crippen LogP contribution in [0.5, 0.6) is 5.75 Å². The van der Waals surface area contributed by atoms with Crippen LogP contribution in [0.1, 0.15) is 70.6 Å². The predicted octanol–water partition coefficient (Wildman–Crippen LogP) is 9.39. The van der Waals surface area contributed by atoms with Gasteiger partial charge in [0.15, 0.2) is 29.5 Å². The minimum atomic E-state index is -1.04. The van der Waals surface area contributed by atoms with E-state index in [4.69, 9.17) is 14.2 Å². The van der Waals surface area contributed by atoms with Crippen molar-refractivity contribution in [2.75, 3.05) is 19.8 Å². The topological polar surface area (TPSA) is 27.7 Å². The molecule has 1 fully saturated rings. The molecule has 0 spiro atoms. The molecule has 0 aromatic heterocycles. The van der Waals surface area contributed by atoms with E-state index < -0.39 is 29.6 Å². The maximum atomic E-state index is 15.1. The zero-order valence-electron chi connectivity index (χ0n) is 22.6. The van der Waals surface area contributed by atoms with Crippen molar-refractivity contribution in [2.24, 2.45) is 5.92 Å². The van der Waals surface area contributed by atoms with E-state index in [1.807, 2.05) is 0 Å². The first kappa shape index (κ1) is 29.1. The quantitative estimate of drug-likeness (QED) is 0.168. The standard InChI is InChI=1S/C32H36F4O3/c1-3-5-6-7-8-18-37-27-17-16-25(29(34)31(27)36)23-12-10-22(11-13-23)24-14-15-26(30(35)28(24)33)32-38-19-21(9-4-2)20-39-32/h10-17,21,32H,3-9,18-20H2,1-2H3. The number of hydrogen-bond donors (Lipinski definition) is 0. The third-order valence-electron chi connectivity index (χ3n) is 7.09. The number of hydrogen-bond acceptors (Lipinski definition) is 3. The molecule has 0 N–H and O–H groups in total. The minimum absolute atomic E-state index is 0.0173. The second-order valence-electron chi connectivity index (χ2n) is 10.1. The van der Waals surface area contributed by atoms with Crippen molar-refractivity contribution >= 4 is 0 Å². The largest absolute Gasteiger partial charge is 0.490 e. The van der Waals surface area contributed by atoms with E-state index in [9.17, 15) is 13.2 Å². The summed E-state index contributed by atoms with van der Waals surface area (Å²) in [6.45, 7) is 5.40. The maximum absolute atomic E-state index is 15.1. The van der Waals surface area contributed by atoms with Crippen molar-refractivity contribution in [1.29, 1.82) is 0 Å². The highest BCUT2D eigenvalue weighted by atomic mass is 19.2. The van der Waals surface area contributed by atoms with Gasteiger partial charge in [-0.25, -0.2) is 13.2 Å². The van der Waals surface area contributed by atoms with E-state index in [1.165, 1.54) is 24.3 Å². The highest BCUT2D eigenvalue weighted by molar-refractivity contribution is 5.71. The molecule has 210 valence electrons. The van der Waals surface area contributed by atoms with Gasteiger partial charge in [0.05, 0.1) is 19.8 Å². The van der Waals surface area contributed by atoms with Crippen molar-refractivity contribution in [2.45, 2.75) is 65.1 Å². The Morgan fingerprint density at radius 1 is 0.667 bits per heavy atom. The Kier molecular flexibility index (Phi) is 10.4. The Bertz CT molecular complexity index is 1220. The van der Waals surface area contributed by atoms with E-state index in [-0.39, 0.29) is 28.4 Å². The summed E-state index contributed by atoms with van der Waals surface area (Å²) in [4.78, 5) is 0. The lowest BCUT2D eigenvalue weighted by atomic mass is 9.98. The van der Waals surface area contributed by atoms with Gasteiger partial charge in [-0.1, -0.05) is 82.3 Å². The first-order valence-corrected chi connectivity index (χ1v) is 13.9. The lowest BCUT2D eigenvalue weighted by molar-refractivity contribution is -0.207. The number of rotatable bonds is 12. The van der Waals surface area contributed by atoms with Gasteiger partial charge in [-0.05, 0) is 36.1 Å². The van der Waals surface area contributed by atoms with Crippen LogP contribution in [0.3, 0.4) is 0 Å². The van der Waals surface area contributed by atoms with Crippen LogP contribution in [-0.2, 0) is 9.47 Å². The summed E-state index contributed by atoms with van der Waals surface area (Å²) >= 11 is 0. The van der Waals surface area contributed by atoms with Gasteiger partial charge in [-0.2, -0.15) is 4.39 Å². The zero-order valence-corrected chi connectivity index (χ0v) is 22.6. The Balaban J connectivity index is 1.44. The van der Waals surface area contributed by atoms with E-state index in [0.717, 1.165) is 44.9 Å². The summed E-state index contributed by atoms with van der Waals surface area (Å²) in [7, 11) is 0. The molecule has 3 aromatic rings. The molecule has 0 amide bonds. The molecule has 39 heavy (non-hydrogen) atoms. The normalized spacial score (nSPS) is 17.4. The van der Waals surface area contributed by atoms with Crippen LogP contribution in [-0.4, -0.2) is 19.8 Å². The first-order chi connectivity index (χ1) is 18.9. The fourth-order valence-electron chi connectivity index (χ4n) is 4.85. The van der Waals surface area contributed by atoms with Gasteiger partial charge in [0, 0.05) is 22.6 Å². The molecule has 7 heteroatoms. The molecule has 1 aliphatic heterocycles. The van der Waals surface area contributed by atoms with Gasteiger partial charge in [-0.3, -0.25) is 0 Å². The van der Waals surface area contributed by atoms with Crippen molar-refractivity contribution in [1.82, 2.24) is 0 Å². The molecular weight excluding hydrogens is 508 g/mol. The van der Waals surface area contributed by atoms with Gasteiger partial charge < -0.3 is 14.2 Å². The van der Waals surface area contributed by atoms with Crippen LogP contribution in [0, 0.1) is 29.2 Å². The second-order valence-corrected chi connectivity index (χ2v) is 10.1. The lowest BCUT2D eigenvalue weighted by Crippen LogP contribution is -2.27.